The molecular weight excluding hydrogens is 232 g/mol. The molecule has 2 aliphatic carbocycles. The van der Waals surface area contributed by atoms with Crippen molar-refractivity contribution < 1.29 is 0 Å². The third kappa shape index (κ3) is 3.16. The van der Waals surface area contributed by atoms with E-state index in [0.29, 0.717) is 0 Å². The molecule has 0 heterocycles. The average molecular weight is 266 g/mol. The molecule has 2 nitrogen and oxygen atoms in total. The monoisotopic (exact) mass is 266 g/mol. The highest BCUT2D eigenvalue weighted by atomic mass is 15.2. The molecule has 3 unspecified atom stereocenters. The van der Waals surface area contributed by atoms with Crippen molar-refractivity contribution in [2.24, 2.45) is 17.6 Å². The maximum atomic E-state index is 6.30. The van der Waals surface area contributed by atoms with Gasteiger partial charge in [-0.15, -0.1) is 0 Å². The van der Waals surface area contributed by atoms with E-state index in [1.165, 1.54) is 57.8 Å². The number of nitrogens with two attached hydrogens (primary N) is 1. The minimum atomic E-state index is 0.271. The standard InChI is InChI=1S/C17H34N2/c1-14-10-11-15(2)17(12-14,13-18)19(3)16-8-6-4-5-7-9-16/h14-16H,4-13,18H2,1-3H3. The van der Waals surface area contributed by atoms with Gasteiger partial charge in [-0.25, -0.2) is 0 Å². The fourth-order valence-electron chi connectivity index (χ4n) is 4.64. The molecule has 112 valence electrons. The first-order valence-electron chi connectivity index (χ1n) is 8.53. The summed E-state index contributed by atoms with van der Waals surface area (Å²) >= 11 is 0. The van der Waals surface area contributed by atoms with Gasteiger partial charge < -0.3 is 5.73 Å². The summed E-state index contributed by atoms with van der Waals surface area (Å²) in [6.07, 6.45) is 12.5. The first-order valence-corrected chi connectivity index (χ1v) is 8.53. The van der Waals surface area contributed by atoms with Crippen molar-refractivity contribution >= 4 is 0 Å². The first-order chi connectivity index (χ1) is 9.10. The van der Waals surface area contributed by atoms with Crippen LogP contribution in [0, 0.1) is 11.8 Å². The van der Waals surface area contributed by atoms with Gasteiger partial charge in [-0.2, -0.15) is 0 Å². The third-order valence-electron chi connectivity index (χ3n) is 6.14. The molecule has 0 aliphatic heterocycles. The summed E-state index contributed by atoms with van der Waals surface area (Å²) in [6.45, 7) is 5.69. The predicted molar refractivity (Wildman–Crippen MR) is 83.2 cm³/mol. The average Bonchev–Trinajstić information content (AvgIpc) is 2.69. The van der Waals surface area contributed by atoms with E-state index in [1.54, 1.807) is 0 Å². The highest BCUT2D eigenvalue weighted by Crippen LogP contribution is 2.42. The molecule has 0 amide bonds. The van der Waals surface area contributed by atoms with E-state index in [4.69, 9.17) is 5.73 Å². The minimum Gasteiger partial charge on any atom is -0.329 e. The first kappa shape index (κ1) is 15.3. The highest BCUT2D eigenvalue weighted by molar-refractivity contribution is 5.01. The van der Waals surface area contributed by atoms with Gasteiger partial charge in [-0.05, 0) is 44.6 Å². The number of nitrogens with zero attached hydrogens (tertiary/aromatic N) is 1. The molecule has 2 fully saturated rings. The summed E-state index contributed by atoms with van der Waals surface area (Å²) in [7, 11) is 2.37. The molecule has 2 N–H and O–H groups in total. The Morgan fingerprint density at radius 3 is 2.21 bits per heavy atom. The van der Waals surface area contributed by atoms with Gasteiger partial charge in [0.25, 0.3) is 0 Å². The second kappa shape index (κ2) is 6.58. The zero-order valence-electron chi connectivity index (χ0n) is 13.3. The third-order valence-corrected chi connectivity index (χ3v) is 6.14. The largest absolute Gasteiger partial charge is 0.329 e. The van der Waals surface area contributed by atoms with E-state index in [-0.39, 0.29) is 5.54 Å². The molecule has 2 saturated carbocycles. The second-order valence-corrected chi connectivity index (χ2v) is 7.35. The molecule has 2 heteroatoms. The Hall–Kier alpha value is -0.0800. The van der Waals surface area contributed by atoms with Gasteiger partial charge in [0.2, 0.25) is 0 Å². The SMILES string of the molecule is CC1CCC(C)C(CN)(N(C)C2CCCCCC2)C1. The summed E-state index contributed by atoms with van der Waals surface area (Å²) in [4.78, 5) is 2.72. The molecule has 3 atom stereocenters. The molecular formula is C17H34N2. The molecule has 0 aromatic carbocycles. The van der Waals surface area contributed by atoms with Gasteiger partial charge in [-0.1, -0.05) is 46.0 Å². The maximum absolute atomic E-state index is 6.30. The van der Waals surface area contributed by atoms with Gasteiger partial charge in [0, 0.05) is 18.1 Å². The lowest BCUT2D eigenvalue weighted by Crippen LogP contribution is -2.61. The zero-order chi connectivity index (χ0) is 13.9. The summed E-state index contributed by atoms with van der Waals surface area (Å²) in [6, 6.07) is 0.777. The summed E-state index contributed by atoms with van der Waals surface area (Å²) < 4.78 is 0. The van der Waals surface area contributed by atoms with E-state index in [9.17, 15) is 0 Å². The van der Waals surface area contributed by atoms with Crippen molar-refractivity contribution in [3.8, 4) is 0 Å². The Labute approximate surface area is 120 Å². The fourth-order valence-corrected chi connectivity index (χ4v) is 4.64. The van der Waals surface area contributed by atoms with E-state index >= 15 is 0 Å². The molecule has 0 aromatic rings. The number of likely N-dealkylation sites (N-methyl/N-ethyl adjacent to an activating group) is 1. The summed E-state index contributed by atoms with van der Waals surface area (Å²) in [5.74, 6) is 1.59. The van der Waals surface area contributed by atoms with Crippen molar-refractivity contribution in [2.75, 3.05) is 13.6 Å². The Balaban J connectivity index is 2.13. The number of hydrogen-bond acceptors (Lipinski definition) is 2. The van der Waals surface area contributed by atoms with Gasteiger partial charge in [0.05, 0.1) is 0 Å². The molecule has 2 aliphatic rings. The molecule has 19 heavy (non-hydrogen) atoms. The van der Waals surface area contributed by atoms with Crippen LogP contribution in [0.3, 0.4) is 0 Å². The van der Waals surface area contributed by atoms with Gasteiger partial charge in [0.1, 0.15) is 0 Å². The highest BCUT2D eigenvalue weighted by Gasteiger charge is 2.44. The van der Waals surface area contributed by atoms with Gasteiger partial charge in [0.15, 0.2) is 0 Å². The lowest BCUT2D eigenvalue weighted by atomic mass is 9.68. The predicted octanol–water partition coefficient (Wildman–Crippen LogP) is 3.79. The van der Waals surface area contributed by atoms with Crippen molar-refractivity contribution in [1.82, 2.24) is 4.90 Å². The lowest BCUT2D eigenvalue weighted by Gasteiger charge is -2.53. The van der Waals surface area contributed by atoms with Crippen LogP contribution < -0.4 is 5.73 Å². The van der Waals surface area contributed by atoms with E-state index in [1.807, 2.05) is 0 Å². The van der Waals surface area contributed by atoms with Crippen LogP contribution in [0.1, 0.15) is 71.6 Å². The summed E-state index contributed by atoms with van der Waals surface area (Å²) in [5, 5.41) is 0. The maximum Gasteiger partial charge on any atom is 0.0359 e. The molecule has 0 spiro atoms. The van der Waals surface area contributed by atoms with Crippen LogP contribution in [0.25, 0.3) is 0 Å². The Morgan fingerprint density at radius 2 is 1.63 bits per heavy atom. The molecule has 0 radical (unpaired) electrons. The van der Waals surface area contributed by atoms with Crippen LogP contribution in [0.15, 0.2) is 0 Å². The second-order valence-electron chi connectivity index (χ2n) is 7.35. The van der Waals surface area contributed by atoms with Crippen molar-refractivity contribution in [2.45, 2.75) is 83.2 Å². The zero-order valence-corrected chi connectivity index (χ0v) is 13.3. The van der Waals surface area contributed by atoms with Crippen LogP contribution >= 0.6 is 0 Å². The van der Waals surface area contributed by atoms with Crippen LogP contribution in [0.5, 0.6) is 0 Å². The Kier molecular flexibility index (Phi) is 5.30. The van der Waals surface area contributed by atoms with Crippen molar-refractivity contribution in [3.05, 3.63) is 0 Å². The van der Waals surface area contributed by atoms with Crippen LogP contribution in [-0.2, 0) is 0 Å². The van der Waals surface area contributed by atoms with E-state index in [2.05, 4.69) is 25.8 Å². The van der Waals surface area contributed by atoms with Crippen LogP contribution in [0.2, 0.25) is 0 Å². The molecule has 0 aromatic heterocycles. The Morgan fingerprint density at radius 1 is 1.00 bits per heavy atom. The quantitative estimate of drug-likeness (QED) is 0.787. The topological polar surface area (TPSA) is 29.3 Å². The van der Waals surface area contributed by atoms with Crippen molar-refractivity contribution in [3.63, 3.8) is 0 Å². The molecule has 0 bridgehead atoms. The van der Waals surface area contributed by atoms with E-state index in [0.717, 1.165) is 24.4 Å². The van der Waals surface area contributed by atoms with Crippen molar-refractivity contribution in [1.29, 1.82) is 0 Å². The smallest absolute Gasteiger partial charge is 0.0359 e. The fraction of sp³-hybridized carbons (Fsp3) is 1.00. The number of rotatable bonds is 3. The van der Waals surface area contributed by atoms with Crippen LogP contribution in [-0.4, -0.2) is 30.1 Å². The lowest BCUT2D eigenvalue weighted by molar-refractivity contribution is -0.0174. The summed E-state index contributed by atoms with van der Waals surface area (Å²) in [5.41, 5.74) is 6.57. The number of hydrogen-bond donors (Lipinski definition) is 1. The Bertz CT molecular complexity index is 270. The molecule has 0 saturated heterocycles. The molecule has 2 rings (SSSR count). The van der Waals surface area contributed by atoms with E-state index < -0.39 is 0 Å². The van der Waals surface area contributed by atoms with Crippen LogP contribution in [0.4, 0.5) is 0 Å². The van der Waals surface area contributed by atoms with Gasteiger partial charge in [-0.3, -0.25) is 4.90 Å². The minimum absolute atomic E-state index is 0.271. The normalized spacial score (nSPS) is 38.4. The van der Waals surface area contributed by atoms with Gasteiger partial charge >= 0.3 is 0 Å².